The Morgan fingerprint density at radius 1 is 0.939 bits per heavy atom. The Morgan fingerprint density at radius 2 is 1.61 bits per heavy atom. The van der Waals surface area contributed by atoms with Crippen LogP contribution in [-0.2, 0) is 18.5 Å². The number of rotatable bonds is 5. The number of likely N-dealkylation sites (N-methyl/N-ethyl adjacent to an activating group) is 1. The van der Waals surface area contributed by atoms with Crippen molar-refractivity contribution in [2.45, 2.75) is 31.3 Å². The number of nitrogens with zero attached hydrogens (tertiary/aromatic N) is 5. The fraction of sp³-hybridized carbons (Fsp3) is 0.407. The minimum Gasteiger partial charge on any atom is -0.378 e. The summed E-state index contributed by atoms with van der Waals surface area (Å²) in [6.45, 7) is 4.45. The molecule has 0 bridgehead atoms. The summed E-state index contributed by atoms with van der Waals surface area (Å²) in [4.78, 5) is 19.5. The van der Waals surface area contributed by atoms with Gasteiger partial charge in [0.15, 0.2) is 0 Å². The van der Waals surface area contributed by atoms with Crippen LogP contribution < -0.4 is 4.90 Å². The van der Waals surface area contributed by atoms with Crippen molar-refractivity contribution >= 4 is 11.6 Å². The van der Waals surface area contributed by atoms with Crippen LogP contribution in [-0.4, -0.2) is 66.3 Å². The smallest absolute Gasteiger partial charge is 0.257 e. The van der Waals surface area contributed by atoms with Gasteiger partial charge in [0, 0.05) is 51.5 Å². The lowest BCUT2D eigenvalue weighted by Crippen LogP contribution is -2.53. The highest BCUT2D eigenvalue weighted by atomic mass is 16.2. The van der Waals surface area contributed by atoms with E-state index < -0.39 is 0 Å². The number of carbonyl (C=O) groups excluding carboxylic acids is 1. The Morgan fingerprint density at radius 3 is 2.27 bits per heavy atom. The number of hydrogen-bond acceptors (Lipinski definition) is 4. The van der Waals surface area contributed by atoms with Crippen molar-refractivity contribution in [1.29, 1.82) is 0 Å². The van der Waals surface area contributed by atoms with Gasteiger partial charge in [0.2, 0.25) is 0 Å². The number of anilines is 1. The zero-order valence-electron chi connectivity index (χ0n) is 19.9. The molecule has 0 aliphatic carbocycles. The second-order valence-corrected chi connectivity index (χ2v) is 9.85. The second-order valence-electron chi connectivity index (χ2n) is 9.85. The van der Waals surface area contributed by atoms with Gasteiger partial charge >= 0.3 is 0 Å². The van der Waals surface area contributed by atoms with E-state index in [1.807, 2.05) is 41.0 Å². The molecule has 3 heterocycles. The van der Waals surface area contributed by atoms with Crippen LogP contribution >= 0.6 is 0 Å². The molecule has 5 rings (SSSR count). The van der Waals surface area contributed by atoms with Crippen LogP contribution in [0.1, 0.15) is 40.0 Å². The van der Waals surface area contributed by atoms with E-state index in [2.05, 4.69) is 60.3 Å². The Balaban J connectivity index is 1.32. The van der Waals surface area contributed by atoms with Gasteiger partial charge in [-0.15, -0.1) is 0 Å². The fourth-order valence-corrected chi connectivity index (χ4v) is 5.32. The maximum absolute atomic E-state index is 12.9. The Hall–Kier alpha value is -3.12. The molecule has 0 atom stereocenters. The van der Waals surface area contributed by atoms with Crippen LogP contribution in [0.2, 0.25) is 0 Å². The number of fused-ring (bicyclic) bond motifs is 2. The topological polar surface area (TPSA) is 44.6 Å². The summed E-state index contributed by atoms with van der Waals surface area (Å²) in [6.07, 6.45) is 4.01. The van der Waals surface area contributed by atoms with E-state index in [9.17, 15) is 4.79 Å². The second kappa shape index (κ2) is 8.67. The van der Waals surface area contributed by atoms with Gasteiger partial charge in [0.1, 0.15) is 0 Å². The van der Waals surface area contributed by atoms with E-state index >= 15 is 0 Å². The van der Waals surface area contributed by atoms with E-state index in [0.717, 1.165) is 50.3 Å². The molecule has 6 heteroatoms. The largest absolute Gasteiger partial charge is 0.378 e. The molecule has 0 radical (unpaired) electrons. The van der Waals surface area contributed by atoms with Crippen molar-refractivity contribution in [2.24, 2.45) is 0 Å². The molecule has 33 heavy (non-hydrogen) atoms. The van der Waals surface area contributed by atoms with Gasteiger partial charge in [0.05, 0.1) is 17.8 Å². The summed E-state index contributed by atoms with van der Waals surface area (Å²) in [5.74, 6) is 0.0957. The molecule has 0 N–H and O–H groups in total. The number of amides is 1. The predicted molar refractivity (Wildman–Crippen MR) is 132 cm³/mol. The molecule has 3 aromatic rings. The molecule has 2 aliphatic rings. The molecular weight excluding hydrogens is 410 g/mol. The summed E-state index contributed by atoms with van der Waals surface area (Å²) in [5, 5.41) is 4.99. The van der Waals surface area contributed by atoms with E-state index in [1.54, 1.807) is 0 Å². The lowest BCUT2D eigenvalue weighted by atomic mass is 9.72. The molecule has 1 fully saturated rings. The fourth-order valence-electron chi connectivity index (χ4n) is 5.32. The molecular formula is C27H33N5O. The van der Waals surface area contributed by atoms with Gasteiger partial charge in [-0.25, -0.2) is 0 Å². The van der Waals surface area contributed by atoms with Crippen LogP contribution in [0.3, 0.4) is 0 Å². The SMILES string of the molecule is CN1CC2(CCN(Cc3ccc(N(C)C)cc3)CC2)c2nn(Cc3ccccc3)cc2C1=O. The van der Waals surface area contributed by atoms with E-state index in [4.69, 9.17) is 5.10 Å². The number of piperidine rings is 1. The summed E-state index contributed by atoms with van der Waals surface area (Å²) in [5.41, 5.74) is 5.52. The molecule has 2 aromatic carbocycles. The first-order valence-corrected chi connectivity index (χ1v) is 11.8. The van der Waals surface area contributed by atoms with Crippen molar-refractivity contribution in [2.75, 3.05) is 45.7 Å². The molecule has 6 nitrogen and oxygen atoms in total. The predicted octanol–water partition coefficient (Wildman–Crippen LogP) is 3.62. The Kier molecular flexibility index (Phi) is 5.71. The van der Waals surface area contributed by atoms with Gasteiger partial charge in [-0.3, -0.25) is 14.4 Å². The van der Waals surface area contributed by atoms with Crippen molar-refractivity contribution in [1.82, 2.24) is 19.6 Å². The van der Waals surface area contributed by atoms with Crippen LogP contribution in [0.25, 0.3) is 0 Å². The average Bonchev–Trinajstić information content (AvgIpc) is 3.25. The van der Waals surface area contributed by atoms with Crippen LogP contribution in [0, 0.1) is 0 Å². The van der Waals surface area contributed by atoms with Crippen molar-refractivity contribution < 1.29 is 4.79 Å². The molecule has 1 spiro atoms. The number of hydrogen-bond donors (Lipinski definition) is 0. The molecule has 172 valence electrons. The van der Waals surface area contributed by atoms with Crippen molar-refractivity contribution in [3.63, 3.8) is 0 Å². The first-order chi connectivity index (χ1) is 15.9. The van der Waals surface area contributed by atoms with Gasteiger partial charge in [-0.05, 0) is 49.2 Å². The van der Waals surface area contributed by atoms with Gasteiger partial charge in [-0.1, -0.05) is 42.5 Å². The molecule has 1 saturated heterocycles. The first-order valence-electron chi connectivity index (χ1n) is 11.8. The first kappa shape index (κ1) is 21.7. The van der Waals surface area contributed by atoms with Crippen LogP contribution in [0.15, 0.2) is 60.8 Å². The number of aromatic nitrogens is 2. The highest BCUT2D eigenvalue weighted by molar-refractivity contribution is 5.96. The molecule has 0 saturated carbocycles. The van der Waals surface area contributed by atoms with E-state index in [1.165, 1.54) is 16.8 Å². The minimum atomic E-state index is -0.0504. The van der Waals surface area contributed by atoms with E-state index in [-0.39, 0.29) is 11.3 Å². The highest BCUT2D eigenvalue weighted by Crippen LogP contribution is 2.41. The average molecular weight is 444 g/mol. The zero-order chi connectivity index (χ0) is 23.0. The van der Waals surface area contributed by atoms with Crippen molar-refractivity contribution in [3.8, 4) is 0 Å². The van der Waals surface area contributed by atoms with Crippen molar-refractivity contribution in [3.05, 3.63) is 83.2 Å². The maximum Gasteiger partial charge on any atom is 0.257 e. The maximum atomic E-state index is 12.9. The minimum absolute atomic E-state index is 0.0504. The third-order valence-electron chi connectivity index (χ3n) is 7.24. The van der Waals surface area contributed by atoms with Gasteiger partial charge in [0.25, 0.3) is 5.91 Å². The van der Waals surface area contributed by atoms with Gasteiger partial charge < -0.3 is 9.80 Å². The quantitative estimate of drug-likeness (QED) is 0.604. The lowest BCUT2D eigenvalue weighted by Gasteiger charge is -2.45. The monoisotopic (exact) mass is 443 g/mol. The van der Waals surface area contributed by atoms with E-state index in [0.29, 0.717) is 6.54 Å². The highest BCUT2D eigenvalue weighted by Gasteiger charge is 2.46. The Bertz CT molecular complexity index is 1110. The molecule has 0 unspecified atom stereocenters. The number of benzene rings is 2. The van der Waals surface area contributed by atoms with Gasteiger partial charge in [-0.2, -0.15) is 5.10 Å². The normalized spacial score (nSPS) is 17.9. The molecule has 1 aromatic heterocycles. The third-order valence-corrected chi connectivity index (χ3v) is 7.24. The summed E-state index contributed by atoms with van der Waals surface area (Å²) in [7, 11) is 6.07. The van der Waals surface area contributed by atoms with Crippen LogP contribution in [0.5, 0.6) is 0 Å². The zero-order valence-corrected chi connectivity index (χ0v) is 19.9. The van der Waals surface area contributed by atoms with Crippen LogP contribution in [0.4, 0.5) is 5.69 Å². The molecule has 1 amide bonds. The molecule has 2 aliphatic heterocycles. The third kappa shape index (κ3) is 4.27. The standard InChI is InChI=1S/C27H33N5O/c1-29(2)23-11-9-22(10-12-23)17-31-15-13-27(14-16-31)20-30(3)26(33)24-19-32(28-25(24)27)18-21-7-5-4-6-8-21/h4-12,19H,13-18,20H2,1-3H3. The summed E-state index contributed by atoms with van der Waals surface area (Å²) >= 11 is 0. The summed E-state index contributed by atoms with van der Waals surface area (Å²) in [6, 6.07) is 19.2. The summed E-state index contributed by atoms with van der Waals surface area (Å²) < 4.78 is 1.96. The Labute approximate surface area is 196 Å². The number of likely N-dealkylation sites (tertiary alicyclic amines) is 1. The lowest BCUT2D eigenvalue weighted by molar-refractivity contribution is 0.0628. The number of carbonyl (C=O) groups is 1.